The number of amides is 2. The van der Waals surface area contributed by atoms with E-state index in [0.717, 1.165) is 23.3 Å². The molecule has 0 unspecified atom stereocenters. The van der Waals surface area contributed by atoms with E-state index >= 15 is 0 Å². The van der Waals surface area contributed by atoms with Gasteiger partial charge in [0.1, 0.15) is 11.8 Å². The average Bonchev–Trinajstić information content (AvgIpc) is 2.76. The van der Waals surface area contributed by atoms with Gasteiger partial charge in [0.15, 0.2) is 0 Å². The molecule has 2 aromatic carbocycles. The van der Waals surface area contributed by atoms with Crippen LogP contribution in [0.4, 0.5) is 0 Å². The highest BCUT2D eigenvalue weighted by Gasteiger charge is 2.26. The molecular weight excluding hydrogens is 388 g/mol. The van der Waals surface area contributed by atoms with Crippen molar-refractivity contribution >= 4 is 11.8 Å². The number of ether oxygens (including phenoxy) is 1. The van der Waals surface area contributed by atoms with Crippen molar-refractivity contribution in [2.24, 2.45) is 0 Å². The van der Waals surface area contributed by atoms with E-state index < -0.39 is 6.04 Å². The second-order valence-electron chi connectivity index (χ2n) is 8.21. The SMILES string of the molecule is CC[C@@H](C)NC(=O)[C@H](C)N(Cc1ccccc1C)C(=O)CCCOc1ccc(C)cc1. The zero-order valence-electron chi connectivity index (χ0n) is 19.5. The minimum Gasteiger partial charge on any atom is -0.494 e. The van der Waals surface area contributed by atoms with Gasteiger partial charge in [0, 0.05) is 19.0 Å². The molecule has 0 bridgehead atoms. The summed E-state index contributed by atoms with van der Waals surface area (Å²) in [6.07, 6.45) is 1.77. The summed E-state index contributed by atoms with van der Waals surface area (Å²) in [6.45, 7) is 10.7. The molecule has 0 aliphatic carbocycles. The minimum absolute atomic E-state index is 0.0393. The molecule has 31 heavy (non-hydrogen) atoms. The Morgan fingerprint density at radius 2 is 1.71 bits per heavy atom. The molecule has 5 nitrogen and oxygen atoms in total. The number of nitrogens with zero attached hydrogens (tertiary/aromatic N) is 1. The van der Waals surface area contributed by atoms with Crippen LogP contribution in [0, 0.1) is 13.8 Å². The molecule has 0 spiro atoms. The summed E-state index contributed by atoms with van der Waals surface area (Å²) >= 11 is 0. The van der Waals surface area contributed by atoms with Crippen molar-refractivity contribution in [3.63, 3.8) is 0 Å². The number of hydrogen-bond acceptors (Lipinski definition) is 3. The molecule has 0 fully saturated rings. The molecular formula is C26H36N2O3. The largest absolute Gasteiger partial charge is 0.494 e. The smallest absolute Gasteiger partial charge is 0.242 e. The van der Waals surface area contributed by atoms with Crippen molar-refractivity contribution in [2.45, 2.75) is 72.5 Å². The third-order valence-corrected chi connectivity index (χ3v) is 5.59. The van der Waals surface area contributed by atoms with Gasteiger partial charge < -0.3 is 15.0 Å². The molecule has 2 rings (SSSR count). The van der Waals surface area contributed by atoms with Gasteiger partial charge in [-0.3, -0.25) is 9.59 Å². The first-order valence-electron chi connectivity index (χ1n) is 11.2. The Bertz CT molecular complexity index is 848. The van der Waals surface area contributed by atoms with E-state index in [1.807, 2.05) is 76.2 Å². The Morgan fingerprint density at radius 3 is 2.35 bits per heavy atom. The van der Waals surface area contributed by atoms with Crippen LogP contribution < -0.4 is 10.1 Å². The standard InChI is InChI=1S/C26H36N2O3/c1-6-21(4)27-26(30)22(5)28(18-23-11-8-7-10-20(23)3)25(29)12-9-17-31-24-15-13-19(2)14-16-24/h7-8,10-11,13-16,21-22H,6,9,12,17-18H2,1-5H3,(H,27,30)/t21-,22+/m1/s1. The van der Waals surface area contributed by atoms with Gasteiger partial charge in [0.25, 0.3) is 0 Å². The molecule has 0 saturated heterocycles. The van der Waals surface area contributed by atoms with Crippen molar-refractivity contribution < 1.29 is 14.3 Å². The van der Waals surface area contributed by atoms with E-state index in [4.69, 9.17) is 4.74 Å². The van der Waals surface area contributed by atoms with Crippen LogP contribution >= 0.6 is 0 Å². The van der Waals surface area contributed by atoms with Gasteiger partial charge in [-0.2, -0.15) is 0 Å². The molecule has 0 aliphatic heterocycles. The Balaban J connectivity index is 2.01. The van der Waals surface area contributed by atoms with Gasteiger partial charge in [-0.05, 0) is 63.8 Å². The maximum Gasteiger partial charge on any atom is 0.242 e. The lowest BCUT2D eigenvalue weighted by Crippen LogP contribution is -2.49. The lowest BCUT2D eigenvalue weighted by molar-refractivity contribution is -0.141. The minimum atomic E-state index is -0.542. The van der Waals surface area contributed by atoms with Crippen molar-refractivity contribution in [1.82, 2.24) is 10.2 Å². The van der Waals surface area contributed by atoms with Crippen molar-refractivity contribution in [3.05, 3.63) is 65.2 Å². The van der Waals surface area contributed by atoms with Gasteiger partial charge in [-0.25, -0.2) is 0 Å². The highest BCUT2D eigenvalue weighted by Crippen LogP contribution is 2.16. The molecule has 0 aromatic heterocycles. The number of nitrogens with one attached hydrogen (secondary N) is 1. The Hall–Kier alpha value is -2.82. The third kappa shape index (κ3) is 7.74. The molecule has 0 heterocycles. The lowest BCUT2D eigenvalue weighted by atomic mass is 10.1. The van der Waals surface area contributed by atoms with Gasteiger partial charge in [-0.1, -0.05) is 48.9 Å². The normalized spacial score (nSPS) is 12.7. The summed E-state index contributed by atoms with van der Waals surface area (Å²) in [7, 11) is 0. The van der Waals surface area contributed by atoms with Crippen LogP contribution in [-0.2, 0) is 16.1 Å². The average molecular weight is 425 g/mol. The Morgan fingerprint density at radius 1 is 1.03 bits per heavy atom. The molecule has 168 valence electrons. The van der Waals surface area contributed by atoms with E-state index in [-0.39, 0.29) is 17.9 Å². The van der Waals surface area contributed by atoms with Crippen molar-refractivity contribution in [3.8, 4) is 5.75 Å². The molecule has 1 N–H and O–H groups in total. The first-order valence-corrected chi connectivity index (χ1v) is 11.2. The summed E-state index contributed by atoms with van der Waals surface area (Å²) in [6, 6.07) is 15.4. The van der Waals surface area contributed by atoms with E-state index in [0.29, 0.717) is 26.0 Å². The van der Waals surface area contributed by atoms with Crippen LogP contribution in [0.5, 0.6) is 5.75 Å². The number of carbonyl (C=O) groups is 2. The molecule has 0 aliphatic rings. The lowest BCUT2D eigenvalue weighted by Gasteiger charge is -2.30. The summed E-state index contributed by atoms with van der Waals surface area (Å²) in [5, 5.41) is 3.00. The number of aryl methyl sites for hydroxylation is 2. The summed E-state index contributed by atoms with van der Waals surface area (Å²) in [5.41, 5.74) is 3.34. The maximum atomic E-state index is 13.1. The number of rotatable bonds is 11. The molecule has 2 amide bonds. The van der Waals surface area contributed by atoms with Crippen molar-refractivity contribution in [2.75, 3.05) is 6.61 Å². The van der Waals surface area contributed by atoms with E-state index in [2.05, 4.69) is 5.32 Å². The Labute approximate surface area is 186 Å². The fourth-order valence-corrected chi connectivity index (χ4v) is 3.21. The topological polar surface area (TPSA) is 58.6 Å². The van der Waals surface area contributed by atoms with Gasteiger partial charge in [0.05, 0.1) is 6.61 Å². The van der Waals surface area contributed by atoms with Crippen LogP contribution in [0.15, 0.2) is 48.5 Å². The van der Waals surface area contributed by atoms with E-state index in [1.54, 1.807) is 11.8 Å². The zero-order chi connectivity index (χ0) is 22.8. The quantitative estimate of drug-likeness (QED) is 0.528. The summed E-state index contributed by atoms with van der Waals surface area (Å²) in [5.74, 6) is 0.644. The number of benzene rings is 2. The second-order valence-corrected chi connectivity index (χ2v) is 8.21. The molecule has 2 atom stereocenters. The van der Waals surface area contributed by atoms with E-state index in [1.165, 1.54) is 5.56 Å². The molecule has 0 saturated carbocycles. The van der Waals surface area contributed by atoms with E-state index in [9.17, 15) is 9.59 Å². The number of hydrogen-bond donors (Lipinski definition) is 1. The number of carbonyl (C=O) groups excluding carboxylic acids is 2. The highest BCUT2D eigenvalue weighted by molar-refractivity contribution is 5.87. The van der Waals surface area contributed by atoms with Crippen molar-refractivity contribution in [1.29, 1.82) is 0 Å². The first kappa shape index (κ1) is 24.4. The third-order valence-electron chi connectivity index (χ3n) is 5.59. The van der Waals surface area contributed by atoms with Crippen LogP contribution in [0.3, 0.4) is 0 Å². The first-order chi connectivity index (χ1) is 14.8. The molecule has 5 heteroatoms. The summed E-state index contributed by atoms with van der Waals surface area (Å²) < 4.78 is 5.75. The van der Waals surface area contributed by atoms with Crippen LogP contribution in [0.2, 0.25) is 0 Å². The monoisotopic (exact) mass is 424 g/mol. The molecule has 0 radical (unpaired) electrons. The second kappa shape index (κ2) is 12.1. The Kier molecular flexibility index (Phi) is 9.57. The van der Waals surface area contributed by atoms with Gasteiger partial charge in [0.2, 0.25) is 11.8 Å². The van der Waals surface area contributed by atoms with Gasteiger partial charge >= 0.3 is 0 Å². The molecule has 2 aromatic rings. The predicted molar refractivity (Wildman–Crippen MR) is 125 cm³/mol. The van der Waals surface area contributed by atoms with Gasteiger partial charge in [-0.15, -0.1) is 0 Å². The highest BCUT2D eigenvalue weighted by atomic mass is 16.5. The van der Waals surface area contributed by atoms with Crippen LogP contribution in [0.1, 0.15) is 56.7 Å². The van der Waals surface area contributed by atoms with Crippen LogP contribution in [-0.4, -0.2) is 35.4 Å². The fraction of sp³-hybridized carbons (Fsp3) is 0.462. The van der Waals surface area contributed by atoms with Crippen LogP contribution in [0.25, 0.3) is 0 Å². The zero-order valence-corrected chi connectivity index (χ0v) is 19.5. The predicted octanol–water partition coefficient (Wildman–Crippen LogP) is 4.79. The fourth-order valence-electron chi connectivity index (χ4n) is 3.21. The maximum absolute atomic E-state index is 13.1. The summed E-state index contributed by atoms with van der Waals surface area (Å²) in [4.78, 5) is 27.5.